The molecule has 0 aliphatic carbocycles. The van der Waals surface area contributed by atoms with Crippen LogP contribution in [0.25, 0.3) is 6.08 Å². The number of benzene rings is 1. The van der Waals surface area contributed by atoms with E-state index in [1.165, 1.54) is 5.56 Å². The Balaban J connectivity index is 1.78. The van der Waals surface area contributed by atoms with Gasteiger partial charge in [-0.05, 0) is 0 Å². The minimum atomic E-state index is 0.0124. The van der Waals surface area contributed by atoms with E-state index in [1.807, 2.05) is 47.8 Å². The van der Waals surface area contributed by atoms with Gasteiger partial charge in [-0.25, -0.2) is 0 Å². The Bertz CT molecular complexity index is 766. The van der Waals surface area contributed by atoms with Crippen molar-refractivity contribution in [3.8, 4) is 0 Å². The summed E-state index contributed by atoms with van der Waals surface area (Å²) in [5.41, 5.74) is 2.77. The van der Waals surface area contributed by atoms with Crippen molar-refractivity contribution in [2.24, 2.45) is 7.05 Å². The monoisotopic (exact) mass is 374 g/mol. The quantitative estimate of drug-likeness (QED) is 0.594. The third kappa shape index (κ3) is 3.14. The molecule has 5 nitrogen and oxygen atoms in total. The molecule has 0 atom stereocenters. The van der Waals surface area contributed by atoms with Gasteiger partial charge in [0.25, 0.3) is 0 Å². The molecule has 0 N–H and O–H groups in total. The van der Waals surface area contributed by atoms with Gasteiger partial charge < -0.3 is 0 Å². The number of hydrogen-bond acceptors (Lipinski definition) is 3. The summed E-state index contributed by atoms with van der Waals surface area (Å²) in [5.74, 6) is 0.0124. The second kappa shape index (κ2) is 6.52. The SMILES string of the molecule is CN1C(=[Se])N(CCc2ccccc2)C(=O)C1=Cc1cncn1C. The number of amides is 1. The second-order valence-electron chi connectivity index (χ2n) is 5.49. The molecule has 1 amide bonds. The molecule has 0 spiro atoms. The van der Waals surface area contributed by atoms with E-state index < -0.39 is 0 Å². The van der Waals surface area contributed by atoms with Gasteiger partial charge in [-0.3, -0.25) is 0 Å². The number of aryl methyl sites for hydroxylation is 1. The van der Waals surface area contributed by atoms with Crippen LogP contribution in [0.5, 0.6) is 0 Å². The Hall–Kier alpha value is -2.17. The molecule has 0 bridgehead atoms. The summed E-state index contributed by atoms with van der Waals surface area (Å²) in [6.45, 7) is 0.651. The zero-order valence-corrected chi connectivity index (χ0v) is 14.9. The normalized spacial score (nSPS) is 16.7. The first kappa shape index (κ1) is 15.7. The molecular weight excluding hydrogens is 355 g/mol. The Kier molecular flexibility index (Phi) is 4.46. The molecule has 1 aromatic carbocycles. The molecule has 0 unspecified atom stereocenters. The molecule has 1 aliphatic heterocycles. The van der Waals surface area contributed by atoms with Crippen LogP contribution < -0.4 is 0 Å². The van der Waals surface area contributed by atoms with Crippen molar-refractivity contribution in [1.82, 2.24) is 19.4 Å². The van der Waals surface area contributed by atoms with Crippen molar-refractivity contribution < 1.29 is 4.79 Å². The Morgan fingerprint density at radius 1 is 1.22 bits per heavy atom. The topological polar surface area (TPSA) is 41.4 Å². The third-order valence-electron chi connectivity index (χ3n) is 3.95. The van der Waals surface area contributed by atoms with Crippen LogP contribution in [0, 0.1) is 0 Å². The van der Waals surface area contributed by atoms with E-state index in [9.17, 15) is 4.79 Å². The van der Waals surface area contributed by atoms with Crippen LogP contribution in [-0.4, -0.2) is 59.1 Å². The van der Waals surface area contributed by atoms with Gasteiger partial charge >= 0.3 is 143 Å². The molecule has 6 heteroatoms. The molecule has 1 saturated heterocycles. The first-order chi connectivity index (χ1) is 11.1. The summed E-state index contributed by atoms with van der Waals surface area (Å²) < 4.78 is 2.72. The Morgan fingerprint density at radius 3 is 2.61 bits per heavy atom. The summed E-state index contributed by atoms with van der Waals surface area (Å²) >= 11 is 3.01. The van der Waals surface area contributed by atoms with Crippen molar-refractivity contribution in [1.29, 1.82) is 0 Å². The third-order valence-corrected chi connectivity index (χ3v) is 4.99. The van der Waals surface area contributed by atoms with E-state index in [1.54, 1.807) is 17.4 Å². The van der Waals surface area contributed by atoms with Crippen molar-refractivity contribution in [2.75, 3.05) is 13.6 Å². The number of nitrogens with zero attached hydrogens (tertiary/aromatic N) is 4. The predicted molar refractivity (Wildman–Crippen MR) is 91.6 cm³/mol. The summed E-state index contributed by atoms with van der Waals surface area (Å²) in [6.07, 6.45) is 6.17. The molecule has 23 heavy (non-hydrogen) atoms. The van der Waals surface area contributed by atoms with Crippen LogP contribution in [0.1, 0.15) is 11.3 Å². The molecule has 1 aromatic heterocycles. The van der Waals surface area contributed by atoms with Crippen LogP contribution in [-0.2, 0) is 18.3 Å². The number of imidazole rings is 1. The van der Waals surface area contributed by atoms with Crippen molar-refractivity contribution >= 4 is 32.2 Å². The zero-order chi connectivity index (χ0) is 16.4. The molecule has 0 radical (unpaired) electrons. The fourth-order valence-corrected chi connectivity index (χ4v) is 3.11. The van der Waals surface area contributed by atoms with Gasteiger partial charge in [0.1, 0.15) is 0 Å². The second-order valence-corrected chi connectivity index (χ2v) is 6.26. The molecule has 1 fully saturated rings. The van der Waals surface area contributed by atoms with Gasteiger partial charge in [0.05, 0.1) is 0 Å². The average Bonchev–Trinajstić information content (AvgIpc) is 3.05. The number of rotatable bonds is 4. The van der Waals surface area contributed by atoms with E-state index in [0.29, 0.717) is 12.2 Å². The minimum absolute atomic E-state index is 0.0124. The number of hydrogen-bond donors (Lipinski definition) is 0. The van der Waals surface area contributed by atoms with Crippen LogP contribution in [0.4, 0.5) is 0 Å². The van der Waals surface area contributed by atoms with Crippen LogP contribution in [0.3, 0.4) is 0 Å². The maximum atomic E-state index is 12.7. The standard InChI is InChI=1S/C17H18N4OSe/c1-19-12-18-11-14(19)10-15-16(22)21(17(23)20(15)2)9-8-13-6-4-3-5-7-13/h3-7,10-12H,8-9H2,1-2H3. The molecule has 3 rings (SSSR count). The van der Waals surface area contributed by atoms with Crippen LogP contribution >= 0.6 is 0 Å². The number of carbonyl (C=O) groups is 1. The fourth-order valence-electron chi connectivity index (χ4n) is 2.54. The summed E-state index contributed by atoms with van der Waals surface area (Å²) in [5, 5.41) is 0. The van der Waals surface area contributed by atoms with E-state index in [2.05, 4.69) is 32.7 Å². The van der Waals surface area contributed by atoms with Gasteiger partial charge in [-0.1, -0.05) is 0 Å². The number of likely N-dealkylation sites (N-methyl/N-ethyl adjacent to an activating group) is 1. The van der Waals surface area contributed by atoms with Gasteiger partial charge in [0.2, 0.25) is 0 Å². The Morgan fingerprint density at radius 2 is 1.96 bits per heavy atom. The molecule has 118 valence electrons. The van der Waals surface area contributed by atoms with Crippen molar-refractivity contribution in [2.45, 2.75) is 6.42 Å². The van der Waals surface area contributed by atoms with Crippen LogP contribution in [0.2, 0.25) is 0 Å². The average molecular weight is 373 g/mol. The first-order valence-corrected chi connectivity index (χ1v) is 8.25. The van der Waals surface area contributed by atoms with Gasteiger partial charge in [-0.15, -0.1) is 0 Å². The van der Waals surface area contributed by atoms with Gasteiger partial charge in [0, 0.05) is 0 Å². The number of aromatic nitrogens is 2. The molecule has 2 heterocycles. The van der Waals surface area contributed by atoms with Crippen molar-refractivity contribution in [3.63, 3.8) is 0 Å². The van der Waals surface area contributed by atoms with Gasteiger partial charge in [-0.2, -0.15) is 0 Å². The van der Waals surface area contributed by atoms with E-state index in [0.717, 1.165) is 16.8 Å². The predicted octanol–water partition coefficient (Wildman–Crippen LogP) is 1.03. The maximum absolute atomic E-state index is 12.7. The molecule has 0 saturated carbocycles. The molecule has 1 aliphatic rings. The molecular formula is C17H18N4OSe. The Labute approximate surface area is 143 Å². The van der Waals surface area contributed by atoms with E-state index in [4.69, 9.17) is 0 Å². The van der Waals surface area contributed by atoms with Gasteiger partial charge in [0.15, 0.2) is 0 Å². The summed E-state index contributed by atoms with van der Waals surface area (Å²) in [4.78, 5) is 20.5. The first-order valence-electron chi connectivity index (χ1n) is 7.39. The van der Waals surface area contributed by atoms with E-state index >= 15 is 0 Å². The van der Waals surface area contributed by atoms with Crippen molar-refractivity contribution in [3.05, 3.63) is 59.8 Å². The fraction of sp³-hybridized carbons (Fsp3) is 0.235. The number of carbonyl (C=O) groups excluding carboxylic acids is 1. The summed E-state index contributed by atoms with van der Waals surface area (Å²) in [6, 6.07) is 10.2. The zero-order valence-electron chi connectivity index (χ0n) is 13.1. The van der Waals surface area contributed by atoms with Crippen LogP contribution in [0.15, 0.2) is 48.6 Å². The summed E-state index contributed by atoms with van der Waals surface area (Å²) in [7, 11) is 3.81. The van der Waals surface area contributed by atoms with E-state index in [-0.39, 0.29) is 5.91 Å². The molecule has 2 aromatic rings.